The summed E-state index contributed by atoms with van der Waals surface area (Å²) in [5.74, 6) is -0.0278. The first kappa shape index (κ1) is 10.2. The molecule has 0 aromatic carbocycles. The van der Waals surface area contributed by atoms with Gasteiger partial charge < -0.3 is 5.32 Å². The van der Waals surface area contributed by atoms with E-state index < -0.39 is 0 Å². The largest absolute Gasteiger partial charge is 0.353 e. The van der Waals surface area contributed by atoms with Crippen LogP contribution in [0, 0.1) is 4.77 Å². The van der Waals surface area contributed by atoms with E-state index in [1.54, 1.807) is 0 Å². The number of amides is 1. The standard InChI is InChI=1S/C8H12N4O2S/c13-6(9-5-1-2-5)3-4-12-7(14)10-11-8(12)15/h5H,1-4H2,(H,9,13)(H,10,14)(H,11,15). The van der Waals surface area contributed by atoms with Gasteiger partial charge in [-0.2, -0.15) is 0 Å². The van der Waals surface area contributed by atoms with E-state index in [2.05, 4.69) is 15.5 Å². The molecule has 1 aromatic heterocycles. The number of hydrogen-bond donors (Lipinski definition) is 3. The number of nitrogens with one attached hydrogen (secondary N) is 3. The number of rotatable bonds is 4. The molecule has 1 aromatic rings. The molecule has 0 atom stereocenters. The summed E-state index contributed by atoms with van der Waals surface area (Å²) in [4.78, 5) is 22.5. The average molecular weight is 228 g/mol. The lowest BCUT2D eigenvalue weighted by Crippen LogP contribution is -2.28. The van der Waals surface area contributed by atoms with Crippen molar-refractivity contribution in [3.8, 4) is 0 Å². The molecule has 1 aliphatic rings. The highest BCUT2D eigenvalue weighted by Gasteiger charge is 2.22. The van der Waals surface area contributed by atoms with Gasteiger partial charge in [-0.15, -0.1) is 0 Å². The predicted molar refractivity (Wildman–Crippen MR) is 56.0 cm³/mol. The average Bonchev–Trinajstić information content (AvgIpc) is 2.93. The van der Waals surface area contributed by atoms with Crippen molar-refractivity contribution in [2.24, 2.45) is 0 Å². The van der Waals surface area contributed by atoms with Crippen molar-refractivity contribution < 1.29 is 4.79 Å². The molecular formula is C8H12N4O2S. The van der Waals surface area contributed by atoms with Crippen molar-refractivity contribution in [2.75, 3.05) is 0 Å². The molecule has 0 aliphatic heterocycles. The van der Waals surface area contributed by atoms with Crippen molar-refractivity contribution in [3.63, 3.8) is 0 Å². The van der Waals surface area contributed by atoms with Crippen LogP contribution < -0.4 is 11.0 Å². The molecule has 0 saturated heterocycles. The Morgan fingerprint density at radius 1 is 1.53 bits per heavy atom. The zero-order chi connectivity index (χ0) is 10.8. The van der Waals surface area contributed by atoms with E-state index in [-0.39, 0.29) is 18.0 Å². The van der Waals surface area contributed by atoms with Crippen LogP contribution in [0.4, 0.5) is 0 Å². The zero-order valence-electron chi connectivity index (χ0n) is 8.08. The maximum Gasteiger partial charge on any atom is 0.342 e. The summed E-state index contributed by atoms with van der Waals surface area (Å²) >= 11 is 4.87. The van der Waals surface area contributed by atoms with Crippen LogP contribution in [-0.2, 0) is 11.3 Å². The summed E-state index contributed by atoms with van der Waals surface area (Å²) in [5.41, 5.74) is -0.306. The highest BCUT2D eigenvalue weighted by molar-refractivity contribution is 7.71. The SMILES string of the molecule is O=C(CCn1c(=O)[nH][nH]c1=S)NC1CC1. The Balaban J connectivity index is 1.89. The molecule has 1 amide bonds. The second-order valence-corrected chi connectivity index (χ2v) is 3.99. The van der Waals surface area contributed by atoms with Gasteiger partial charge in [0.2, 0.25) is 5.91 Å². The lowest BCUT2D eigenvalue weighted by Gasteiger charge is -2.02. The Labute approximate surface area is 90.7 Å². The first-order valence-corrected chi connectivity index (χ1v) is 5.24. The molecule has 0 unspecified atom stereocenters. The molecule has 1 fully saturated rings. The maximum atomic E-state index is 11.3. The predicted octanol–water partition coefficient (Wildman–Crippen LogP) is -0.0973. The number of carbonyl (C=O) groups is 1. The summed E-state index contributed by atoms with van der Waals surface area (Å²) in [7, 11) is 0. The van der Waals surface area contributed by atoms with E-state index in [9.17, 15) is 9.59 Å². The number of hydrogen-bond acceptors (Lipinski definition) is 3. The Kier molecular flexibility index (Phi) is 2.72. The van der Waals surface area contributed by atoms with Crippen LogP contribution in [0.2, 0.25) is 0 Å². The highest BCUT2D eigenvalue weighted by atomic mass is 32.1. The smallest absolute Gasteiger partial charge is 0.342 e. The summed E-state index contributed by atoms with van der Waals surface area (Å²) in [5, 5.41) is 7.73. The Morgan fingerprint density at radius 3 is 2.80 bits per heavy atom. The molecule has 0 radical (unpaired) electrons. The molecule has 7 heteroatoms. The van der Waals surface area contributed by atoms with Crippen molar-refractivity contribution in [3.05, 3.63) is 15.3 Å². The fraction of sp³-hybridized carbons (Fsp3) is 0.625. The molecule has 1 saturated carbocycles. The zero-order valence-corrected chi connectivity index (χ0v) is 8.89. The second kappa shape index (κ2) is 4.01. The first-order valence-electron chi connectivity index (χ1n) is 4.83. The fourth-order valence-corrected chi connectivity index (χ4v) is 1.50. The monoisotopic (exact) mass is 228 g/mol. The summed E-state index contributed by atoms with van der Waals surface area (Å²) in [6, 6.07) is 0.356. The molecule has 1 aliphatic carbocycles. The minimum absolute atomic E-state index is 0.0278. The van der Waals surface area contributed by atoms with Gasteiger partial charge in [0.05, 0.1) is 0 Å². The number of aromatic amines is 2. The van der Waals surface area contributed by atoms with E-state index >= 15 is 0 Å². The topological polar surface area (TPSA) is 82.7 Å². The van der Waals surface area contributed by atoms with Crippen molar-refractivity contribution in [1.29, 1.82) is 0 Å². The van der Waals surface area contributed by atoms with Crippen LogP contribution in [-0.4, -0.2) is 26.7 Å². The van der Waals surface area contributed by atoms with Crippen LogP contribution in [0.3, 0.4) is 0 Å². The van der Waals surface area contributed by atoms with E-state index in [1.807, 2.05) is 0 Å². The van der Waals surface area contributed by atoms with Crippen molar-refractivity contribution in [2.45, 2.75) is 31.8 Å². The number of nitrogens with zero attached hydrogens (tertiary/aromatic N) is 1. The molecule has 0 bridgehead atoms. The lowest BCUT2D eigenvalue weighted by atomic mass is 10.4. The van der Waals surface area contributed by atoms with Gasteiger partial charge in [0.1, 0.15) is 0 Å². The van der Waals surface area contributed by atoms with Crippen molar-refractivity contribution >= 4 is 18.1 Å². The van der Waals surface area contributed by atoms with Gasteiger partial charge in [-0.05, 0) is 25.1 Å². The summed E-state index contributed by atoms with van der Waals surface area (Å²) < 4.78 is 1.65. The first-order chi connectivity index (χ1) is 7.16. The third-order valence-electron chi connectivity index (χ3n) is 2.27. The highest BCUT2D eigenvalue weighted by Crippen LogP contribution is 2.18. The van der Waals surface area contributed by atoms with Gasteiger partial charge in [-0.1, -0.05) is 0 Å². The second-order valence-electron chi connectivity index (χ2n) is 3.60. The quantitative estimate of drug-likeness (QED) is 0.629. The minimum Gasteiger partial charge on any atom is -0.353 e. The molecule has 0 spiro atoms. The van der Waals surface area contributed by atoms with Crippen LogP contribution >= 0.6 is 12.2 Å². The Morgan fingerprint density at radius 2 is 2.27 bits per heavy atom. The molecule has 6 nitrogen and oxygen atoms in total. The fourth-order valence-electron chi connectivity index (χ4n) is 1.28. The van der Waals surface area contributed by atoms with E-state index in [1.165, 1.54) is 4.57 Å². The van der Waals surface area contributed by atoms with Crippen LogP contribution in [0.1, 0.15) is 19.3 Å². The van der Waals surface area contributed by atoms with Gasteiger partial charge in [-0.25, -0.2) is 9.89 Å². The van der Waals surface area contributed by atoms with Crippen LogP contribution in [0.15, 0.2) is 4.79 Å². The number of carbonyl (C=O) groups excluding carboxylic acids is 1. The third-order valence-corrected chi connectivity index (χ3v) is 2.59. The van der Waals surface area contributed by atoms with E-state index in [0.717, 1.165) is 12.8 Å². The number of H-pyrrole nitrogens is 2. The molecule has 15 heavy (non-hydrogen) atoms. The van der Waals surface area contributed by atoms with Crippen LogP contribution in [0.25, 0.3) is 0 Å². The Hall–Kier alpha value is -1.37. The van der Waals surface area contributed by atoms with E-state index in [4.69, 9.17) is 12.2 Å². The minimum atomic E-state index is -0.306. The molecule has 2 rings (SSSR count). The number of aromatic nitrogens is 3. The molecule has 3 N–H and O–H groups in total. The van der Waals surface area contributed by atoms with Gasteiger partial charge in [0.25, 0.3) is 0 Å². The molecular weight excluding hydrogens is 216 g/mol. The molecule has 1 heterocycles. The van der Waals surface area contributed by atoms with Gasteiger partial charge in [0, 0.05) is 19.0 Å². The van der Waals surface area contributed by atoms with Crippen molar-refractivity contribution in [1.82, 2.24) is 20.1 Å². The lowest BCUT2D eigenvalue weighted by molar-refractivity contribution is -0.121. The normalized spacial score (nSPS) is 15.2. The summed E-state index contributed by atoms with van der Waals surface area (Å²) in [6.07, 6.45) is 2.41. The van der Waals surface area contributed by atoms with Crippen LogP contribution in [0.5, 0.6) is 0 Å². The third kappa shape index (κ3) is 2.56. The van der Waals surface area contributed by atoms with E-state index in [0.29, 0.717) is 17.4 Å². The molecule has 82 valence electrons. The van der Waals surface area contributed by atoms with Gasteiger partial charge in [-0.3, -0.25) is 14.5 Å². The van der Waals surface area contributed by atoms with Gasteiger partial charge >= 0.3 is 5.69 Å². The van der Waals surface area contributed by atoms with Gasteiger partial charge in [0.15, 0.2) is 4.77 Å². The summed E-state index contributed by atoms with van der Waals surface area (Å²) in [6.45, 7) is 0.316. The Bertz CT molecular complexity index is 440. The maximum absolute atomic E-state index is 11.3.